The minimum atomic E-state index is -0.268. The van der Waals surface area contributed by atoms with Crippen molar-refractivity contribution in [1.82, 2.24) is 4.90 Å². The van der Waals surface area contributed by atoms with E-state index in [1.807, 2.05) is 0 Å². The molecule has 0 spiro atoms. The van der Waals surface area contributed by atoms with Crippen molar-refractivity contribution in [2.45, 2.75) is 94.9 Å². The molecule has 0 fully saturated rings. The van der Waals surface area contributed by atoms with E-state index in [4.69, 9.17) is 27.9 Å². The predicted molar refractivity (Wildman–Crippen MR) is 125 cm³/mol. The van der Waals surface area contributed by atoms with Crippen LogP contribution in [-0.4, -0.2) is 60.6 Å². The Morgan fingerprint density at radius 1 is 1.00 bits per heavy atom. The molecule has 0 aromatic heterocycles. The number of methoxy groups -OCH3 is 1. The first-order valence-electron chi connectivity index (χ1n) is 11.3. The zero-order valence-electron chi connectivity index (χ0n) is 18.6. The van der Waals surface area contributed by atoms with Crippen LogP contribution in [0.1, 0.15) is 83.5 Å². The first kappa shape index (κ1) is 28.7. The first-order valence-corrected chi connectivity index (χ1v) is 12.2. The lowest BCUT2D eigenvalue weighted by molar-refractivity contribution is -0.133. The van der Waals surface area contributed by atoms with E-state index in [2.05, 4.69) is 12.2 Å². The van der Waals surface area contributed by atoms with Gasteiger partial charge in [0, 0.05) is 31.8 Å². The summed E-state index contributed by atoms with van der Waals surface area (Å²) < 4.78 is 5.03. The summed E-state index contributed by atoms with van der Waals surface area (Å²) in [5, 5.41) is 9.61. The molecule has 4 nitrogen and oxygen atoms in total. The number of aliphatic hydroxyl groups excluding tert-OH is 1. The van der Waals surface area contributed by atoms with E-state index in [0.717, 1.165) is 50.8 Å². The zero-order chi connectivity index (χ0) is 21.7. The molecule has 29 heavy (non-hydrogen) atoms. The fraction of sp³-hybridized carbons (Fsp3) is 0.870. The quantitative estimate of drug-likeness (QED) is 0.142. The van der Waals surface area contributed by atoms with Gasteiger partial charge in [0.1, 0.15) is 0 Å². The van der Waals surface area contributed by atoms with Crippen molar-refractivity contribution in [3.8, 4) is 0 Å². The highest BCUT2D eigenvalue weighted by Gasteiger charge is 2.18. The normalized spacial score (nSPS) is 13.7. The number of amides is 1. The molecule has 2 atom stereocenters. The number of allylic oxidation sites excluding steroid dienone is 2. The first-order chi connectivity index (χ1) is 14.1. The van der Waals surface area contributed by atoms with Crippen LogP contribution in [-0.2, 0) is 9.53 Å². The summed E-state index contributed by atoms with van der Waals surface area (Å²) in [6, 6.07) is -0.268. The average molecular weight is 453 g/mol. The maximum absolute atomic E-state index is 12.1. The number of ether oxygens (including phenoxy) is 1. The van der Waals surface area contributed by atoms with Crippen LogP contribution in [0, 0.1) is 0 Å². The average Bonchev–Trinajstić information content (AvgIpc) is 2.72. The standard InChI is InChI=1S/C23H43Cl2NO3/c1-26(22(19-27)20-29-2)23(28)17-13-9-4-3-7-11-15-21(25)16-12-8-5-6-10-14-18-24/h4,9,21-22,27H,3,5-8,10-20H2,1-2H3/b9-4+. The number of likely N-dealkylation sites (N-methyl/N-ethyl adjacent to an activating group) is 1. The Balaban J connectivity index is 3.60. The van der Waals surface area contributed by atoms with Gasteiger partial charge in [0.2, 0.25) is 5.91 Å². The van der Waals surface area contributed by atoms with Crippen LogP contribution in [0.4, 0.5) is 0 Å². The number of halogens is 2. The number of carbonyl (C=O) groups is 1. The van der Waals surface area contributed by atoms with Gasteiger partial charge in [-0.2, -0.15) is 0 Å². The van der Waals surface area contributed by atoms with E-state index in [0.29, 0.717) is 18.4 Å². The van der Waals surface area contributed by atoms with Crippen molar-refractivity contribution in [2.24, 2.45) is 0 Å². The Bertz CT molecular complexity index is 408. The van der Waals surface area contributed by atoms with Gasteiger partial charge in [-0.1, -0.05) is 50.7 Å². The minimum absolute atomic E-state index is 0.0368. The molecular weight excluding hydrogens is 409 g/mol. The van der Waals surface area contributed by atoms with Gasteiger partial charge in [-0.25, -0.2) is 0 Å². The Labute approximate surface area is 189 Å². The van der Waals surface area contributed by atoms with E-state index in [1.165, 1.54) is 32.1 Å². The molecule has 0 aliphatic heterocycles. The van der Waals surface area contributed by atoms with Gasteiger partial charge in [-0.05, 0) is 38.5 Å². The summed E-state index contributed by atoms with van der Waals surface area (Å²) in [6.45, 7) is 0.271. The third kappa shape index (κ3) is 17.1. The highest BCUT2D eigenvalue weighted by molar-refractivity contribution is 6.20. The van der Waals surface area contributed by atoms with Crippen molar-refractivity contribution < 1.29 is 14.6 Å². The number of hydrogen-bond donors (Lipinski definition) is 1. The number of unbranched alkanes of at least 4 members (excludes halogenated alkanes) is 7. The summed E-state index contributed by atoms with van der Waals surface area (Å²) in [6.07, 6.45) is 18.5. The molecule has 0 radical (unpaired) electrons. The summed E-state index contributed by atoms with van der Waals surface area (Å²) in [7, 11) is 3.29. The molecule has 0 rings (SSSR count). The maximum atomic E-state index is 12.1. The van der Waals surface area contributed by atoms with E-state index in [-0.39, 0.29) is 18.6 Å². The fourth-order valence-corrected chi connectivity index (χ4v) is 3.74. The van der Waals surface area contributed by atoms with Gasteiger partial charge in [-0.3, -0.25) is 4.79 Å². The maximum Gasteiger partial charge on any atom is 0.223 e. The van der Waals surface area contributed by atoms with Crippen LogP contribution < -0.4 is 0 Å². The van der Waals surface area contributed by atoms with Crippen molar-refractivity contribution in [1.29, 1.82) is 0 Å². The largest absolute Gasteiger partial charge is 0.394 e. The molecule has 0 bridgehead atoms. The molecular formula is C23H43Cl2NO3. The zero-order valence-corrected chi connectivity index (χ0v) is 20.1. The molecule has 0 heterocycles. The fourth-order valence-electron chi connectivity index (χ4n) is 3.24. The van der Waals surface area contributed by atoms with Crippen LogP contribution in [0.15, 0.2) is 12.2 Å². The van der Waals surface area contributed by atoms with Gasteiger partial charge in [-0.15, -0.1) is 23.2 Å². The van der Waals surface area contributed by atoms with Crippen LogP contribution in [0.25, 0.3) is 0 Å². The molecule has 172 valence electrons. The second kappa shape index (κ2) is 21.0. The topological polar surface area (TPSA) is 49.8 Å². The third-order valence-electron chi connectivity index (χ3n) is 5.24. The van der Waals surface area contributed by atoms with Crippen molar-refractivity contribution in [3.05, 3.63) is 12.2 Å². The lowest BCUT2D eigenvalue weighted by atomic mass is 10.0. The second-order valence-corrected chi connectivity index (χ2v) is 8.78. The van der Waals surface area contributed by atoms with Crippen molar-refractivity contribution >= 4 is 29.1 Å². The molecule has 2 unspecified atom stereocenters. The number of hydrogen-bond acceptors (Lipinski definition) is 3. The number of nitrogens with zero attached hydrogens (tertiary/aromatic N) is 1. The van der Waals surface area contributed by atoms with Crippen LogP contribution in [0.3, 0.4) is 0 Å². The summed E-state index contributed by atoms with van der Waals surface area (Å²) >= 11 is 12.1. The number of carbonyl (C=O) groups excluding carboxylic acids is 1. The van der Waals surface area contributed by atoms with Crippen LogP contribution in [0.2, 0.25) is 0 Å². The van der Waals surface area contributed by atoms with Gasteiger partial charge >= 0.3 is 0 Å². The lowest BCUT2D eigenvalue weighted by Gasteiger charge is -2.25. The van der Waals surface area contributed by atoms with E-state index < -0.39 is 0 Å². The molecule has 1 amide bonds. The summed E-state index contributed by atoms with van der Waals surface area (Å²) in [5.74, 6) is 0.823. The molecule has 0 aromatic carbocycles. The molecule has 6 heteroatoms. The smallest absolute Gasteiger partial charge is 0.223 e. The Morgan fingerprint density at radius 3 is 2.21 bits per heavy atom. The molecule has 0 aromatic rings. The highest BCUT2D eigenvalue weighted by atomic mass is 35.5. The van der Waals surface area contributed by atoms with E-state index in [1.54, 1.807) is 19.1 Å². The Hall–Kier alpha value is -0.290. The summed E-state index contributed by atoms with van der Waals surface area (Å²) in [5.41, 5.74) is 0. The van der Waals surface area contributed by atoms with Gasteiger partial charge in [0.15, 0.2) is 0 Å². The van der Waals surface area contributed by atoms with E-state index in [9.17, 15) is 9.90 Å². The molecule has 0 aliphatic carbocycles. The molecule has 0 saturated carbocycles. The van der Waals surface area contributed by atoms with Crippen molar-refractivity contribution in [2.75, 3.05) is 33.3 Å². The molecule has 0 saturated heterocycles. The molecule has 0 aliphatic rings. The van der Waals surface area contributed by atoms with Gasteiger partial charge < -0.3 is 14.7 Å². The Morgan fingerprint density at radius 2 is 1.59 bits per heavy atom. The van der Waals surface area contributed by atoms with Gasteiger partial charge in [0.25, 0.3) is 0 Å². The van der Waals surface area contributed by atoms with Crippen molar-refractivity contribution in [3.63, 3.8) is 0 Å². The lowest BCUT2D eigenvalue weighted by Crippen LogP contribution is -2.42. The molecule has 1 N–H and O–H groups in total. The van der Waals surface area contributed by atoms with Crippen LogP contribution >= 0.6 is 23.2 Å². The third-order valence-corrected chi connectivity index (χ3v) is 5.95. The minimum Gasteiger partial charge on any atom is -0.394 e. The second-order valence-electron chi connectivity index (χ2n) is 7.79. The van der Waals surface area contributed by atoms with E-state index >= 15 is 0 Å². The number of alkyl halides is 2. The highest BCUT2D eigenvalue weighted by Crippen LogP contribution is 2.17. The Kier molecular flexibility index (Phi) is 20.8. The van der Waals surface area contributed by atoms with Gasteiger partial charge in [0.05, 0.1) is 19.3 Å². The number of aliphatic hydroxyl groups is 1. The predicted octanol–water partition coefficient (Wildman–Crippen LogP) is 5.93. The number of rotatable bonds is 20. The van der Waals surface area contributed by atoms with Crippen LogP contribution in [0.5, 0.6) is 0 Å². The summed E-state index contributed by atoms with van der Waals surface area (Å²) in [4.78, 5) is 13.7. The SMILES string of the molecule is COCC(CO)N(C)C(=O)CC/C=C/CCCCC(Cl)CCCCCCCCCl. The monoisotopic (exact) mass is 451 g/mol.